The maximum Gasteiger partial charge on any atom is 0.304 e. The maximum absolute atomic E-state index is 10.8. The molecule has 3 rings (SSSR count). The summed E-state index contributed by atoms with van der Waals surface area (Å²) in [6.45, 7) is 0.466. The predicted molar refractivity (Wildman–Crippen MR) is 71.2 cm³/mol. The topological polar surface area (TPSA) is 59.4 Å². The van der Waals surface area contributed by atoms with E-state index in [2.05, 4.69) is 4.98 Å². The lowest BCUT2D eigenvalue weighted by Gasteiger charge is -2.15. The number of nitrogens with zero attached hydrogens (tertiary/aromatic N) is 1. The molecule has 1 aromatic heterocycles. The van der Waals surface area contributed by atoms with Crippen molar-refractivity contribution < 1.29 is 14.6 Å². The lowest BCUT2D eigenvalue weighted by atomic mass is 10.0. The number of carboxylic acid groups (broad SMARTS) is 1. The molecule has 0 amide bonds. The molecule has 1 saturated carbocycles. The number of hydrogen-bond acceptors (Lipinski definition) is 3. The van der Waals surface area contributed by atoms with Crippen LogP contribution in [-0.2, 0) is 4.79 Å². The first-order chi connectivity index (χ1) is 9.19. The van der Waals surface area contributed by atoms with E-state index in [1.165, 1.54) is 0 Å². The molecule has 0 atom stereocenters. The van der Waals surface area contributed by atoms with E-state index in [-0.39, 0.29) is 11.8 Å². The van der Waals surface area contributed by atoms with E-state index in [9.17, 15) is 4.79 Å². The van der Waals surface area contributed by atoms with Crippen molar-refractivity contribution in [2.75, 3.05) is 6.61 Å². The van der Waals surface area contributed by atoms with E-state index in [0.29, 0.717) is 6.61 Å². The number of ether oxygens (including phenoxy) is 1. The molecule has 0 bridgehead atoms. The Kier molecular flexibility index (Phi) is 2.85. The number of fused-ring (bicyclic) bond motifs is 1. The second-order valence-corrected chi connectivity index (χ2v) is 5.19. The fraction of sp³-hybridized carbons (Fsp3) is 0.333. The number of pyridine rings is 1. The highest BCUT2D eigenvalue weighted by atomic mass is 16.5. The lowest BCUT2D eigenvalue weighted by molar-refractivity contribution is -0.138. The largest absolute Gasteiger partial charge is 0.492 e. The second-order valence-electron chi connectivity index (χ2n) is 5.19. The molecule has 0 spiro atoms. The summed E-state index contributed by atoms with van der Waals surface area (Å²) in [5.74, 6) is 0.0305. The molecule has 1 heterocycles. The predicted octanol–water partition coefficient (Wildman–Crippen LogP) is 2.87. The van der Waals surface area contributed by atoms with Gasteiger partial charge in [-0.3, -0.25) is 9.78 Å². The van der Waals surface area contributed by atoms with E-state index in [1.54, 1.807) is 6.20 Å². The number of benzene rings is 1. The molecule has 4 nitrogen and oxygen atoms in total. The summed E-state index contributed by atoms with van der Waals surface area (Å²) in [6, 6.07) is 9.59. The number of carbonyl (C=O) groups is 1. The van der Waals surface area contributed by atoms with Gasteiger partial charge in [0.25, 0.3) is 0 Å². The average Bonchev–Trinajstić information content (AvgIpc) is 3.15. The van der Waals surface area contributed by atoms with Crippen molar-refractivity contribution in [3.05, 3.63) is 36.5 Å². The Labute approximate surface area is 111 Å². The molecule has 2 aromatic rings. The molecule has 0 saturated heterocycles. The van der Waals surface area contributed by atoms with Crippen LogP contribution in [0.3, 0.4) is 0 Å². The van der Waals surface area contributed by atoms with Crippen LogP contribution in [0.25, 0.3) is 10.9 Å². The molecule has 0 aliphatic heterocycles. The third kappa shape index (κ3) is 2.52. The van der Waals surface area contributed by atoms with E-state index >= 15 is 0 Å². The highest BCUT2D eigenvalue weighted by Crippen LogP contribution is 2.49. The van der Waals surface area contributed by atoms with E-state index < -0.39 is 5.97 Å². The minimum Gasteiger partial charge on any atom is -0.492 e. The highest BCUT2D eigenvalue weighted by molar-refractivity contribution is 5.84. The Morgan fingerprint density at radius 1 is 1.32 bits per heavy atom. The first-order valence-electron chi connectivity index (χ1n) is 6.37. The van der Waals surface area contributed by atoms with Gasteiger partial charge in [-0.2, -0.15) is 0 Å². The van der Waals surface area contributed by atoms with E-state index in [1.807, 2.05) is 30.3 Å². The molecule has 1 aliphatic rings. The first-order valence-corrected chi connectivity index (χ1v) is 6.37. The average molecular weight is 257 g/mol. The SMILES string of the molecule is O=C(O)CC1(COc2cccc3ncccc23)CC1. The molecular formula is C15H15NO3. The van der Waals surface area contributed by atoms with Gasteiger partial charge in [-0.05, 0) is 37.1 Å². The van der Waals surface area contributed by atoms with Crippen LogP contribution in [0, 0.1) is 5.41 Å². The summed E-state index contributed by atoms with van der Waals surface area (Å²) in [5, 5.41) is 9.86. The Bertz CT molecular complexity index is 614. The second kappa shape index (κ2) is 4.53. The molecule has 19 heavy (non-hydrogen) atoms. The van der Waals surface area contributed by atoms with Crippen molar-refractivity contribution in [2.24, 2.45) is 5.41 Å². The normalized spacial score (nSPS) is 16.2. The van der Waals surface area contributed by atoms with Gasteiger partial charge in [0.15, 0.2) is 0 Å². The highest BCUT2D eigenvalue weighted by Gasteiger charge is 2.45. The molecular weight excluding hydrogens is 242 g/mol. The lowest BCUT2D eigenvalue weighted by Crippen LogP contribution is -2.17. The molecule has 1 N–H and O–H groups in total. The van der Waals surface area contributed by atoms with E-state index in [4.69, 9.17) is 9.84 Å². The fourth-order valence-corrected chi connectivity index (χ4v) is 2.30. The zero-order valence-electron chi connectivity index (χ0n) is 10.5. The number of aliphatic carboxylic acids is 1. The van der Waals surface area contributed by atoms with Crippen LogP contribution in [-0.4, -0.2) is 22.7 Å². The molecule has 1 aromatic carbocycles. The summed E-state index contributed by atoms with van der Waals surface area (Å²) in [7, 11) is 0. The van der Waals surface area contributed by atoms with Gasteiger partial charge < -0.3 is 9.84 Å². The number of carboxylic acids is 1. The quantitative estimate of drug-likeness (QED) is 0.894. The van der Waals surface area contributed by atoms with Crippen molar-refractivity contribution in [2.45, 2.75) is 19.3 Å². The molecule has 1 fully saturated rings. The first kappa shape index (κ1) is 12.0. The van der Waals surface area contributed by atoms with Crippen LogP contribution in [0.5, 0.6) is 5.75 Å². The van der Waals surface area contributed by atoms with Gasteiger partial charge >= 0.3 is 5.97 Å². The summed E-state index contributed by atoms with van der Waals surface area (Å²) in [5.41, 5.74) is 0.735. The van der Waals surface area contributed by atoms with Gasteiger partial charge in [0.05, 0.1) is 18.5 Å². The Morgan fingerprint density at radius 2 is 2.16 bits per heavy atom. The van der Waals surface area contributed by atoms with Gasteiger partial charge in [0.1, 0.15) is 5.75 Å². The Morgan fingerprint density at radius 3 is 2.89 bits per heavy atom. The molecule has 1 aliphatic carbocycles. The maximum atomic E-state index is 10.8. The Hall–Kier alpha value is -2.10. The van der Waals surface area contributed by atoms with Crippen molar-refractivity contribution in [3.8, 4) is 5.75 Å². The van der Waals surface area contributed by atoms with Crippen LogP contribution in [0.15, 0.2) is 36.5 Å². The minimum atomic E-state index is -0.749. The minimum absolute atomic E-state index is 0.157. The van der Waals surface area contributed by atoms with Crippen molar-refractivity contribution in [3.63, 3.8) is 0 Å². The number of rotatable bonds is 5. The van der Waals surface area contributed by atoms with Crippen molar-refractivity contribution >= 4 is 16.9 Å². The van der Waals surface area contributed by atoms with Crippen LogP contribution in [0.4, 0.5) is 0 Å². The zero-order chi connectivity index (χ0) is 13.3. The van der Waals surface area contributed by atoms with Crippen molar-refractivity contribution in [1.82, 2.24) is 4.98 Å². The summed E-state index contributed by atoms with van der Waals surface area (Å²) >= 11 is 0. The van der Waals surface area contributed by atoms with Gasteiger partial charge in [-0.15, -0.1) is 0 Å². The summed E-state index contributed by atoms with van der Waals surface area (Å²) in [6.07, 6.45) is 3.81. The molecule has 0 unspecified atom stereocenters. The zero-order valence-corrected chi connectivity index (χ0v) is 10.5. The fourth-order valence-electron chi connectivity index (χ4n) is 2.30. The van der Waals surface area contributed by atoms with Gasteiger partial charge in [-0.1, -0.05) is 6.07 Å². The third-order valence-corrected chi connectivity index (χ3v) is 3.62. The van der Waals surface area contributed by atoms with Crippen LogP contribution >= 0.6 is 0 Å². The smallest absolute Gasteiger partial charge is 0.304 e. The Balaban J connectivity index is 1.77. The van der Waals surface area contributed by atoms with Gasteiger partial charge in [0, 0.05) is 17.0 Å². The molecule has 98 valence electrons. The standard InChI is InChI=1S/C15H15NO3/c17-14(18)9-15(6-7-15)10-19-13-5-1-4-12-11(13)3-2-8-16-12/h1-5,8H,6-7,9-10H2,(H,17,18). The number of hydrogen-bond donors (Lipinski definition) is 1. The van der Waals surface area contributed by atoms with E-state index in [0.717, 1.165) is 29.5 Å². The van der Waals surface area contributed by atoms with Crippen LogP contribution in [0.2, 0.25) is 0 Å². The summed E-state index contributed by atoms with van der Waals surface area (Å²) in [4.78, 5) is 15.1. The van der Waals surface area contributed by atoms with Gasteiger partial charge in [0.2, 0.25) is 0 Å². The van der Waals surface area contributed by atoms with Gasteiger partial charge in [-0.25, -0.2) is 0 Å². The van der Waals surface area contributed by atoms with Crippen LogP contribution < -0.4 is 4.74 Å². The number of aromatic nitrogens is 1. The van der Waals surface area contributed by atoms with Crippen molar-refractivity contribution in [1.29, 1.82) is 0 Å². The molecule has 0 radical (unpaired) electrons. The monoisotopic (exact) mass is 257 g/mol. The van der Waals surface area contributed by atoms with Crippen LogP contribution in [0.1, 0.15) is 19.3 Å². The summed E-state index contributed by atoms with van der Waals surface area (Å²) < 4.78 is 5.84. The molecule has 4 heteroatoms. The third-order valence-electron chi connectivity index (χ3n) is 3.62.